The predicted molar refractivity (Wildman–Crippen MR) is 101 cm³/mol. The van der Waals surface area contributed by atoms with Crippen LogP contribution in [0.25, 0.3) is 11.5 Å². The Bertz CT molecular complexity index is 988. The molecule has 3 aromatic rings. The molecule has 1 aliphatic rings. The van der Waals surface area contributed by atoms with Crippen molar-refractivity contribution in [2.75, 3.05) is 18.0 Å². The van der Waals surface area contributed by atoms with E-state index in [0.29, 0.717) is 17.6 Å². The first-order valence-electron chi connectivity index (χ1n) is 9.24. The fourth-order valence-electron chi connectivity index (χ4n) is 3.45. The molecule has 4 rings (SSSR count). The molecule has 3 aromatic heterocycles. The molecule has 0 unspecified atom stereocenters. The molecule has 1 fully saturated rings. The summed E-state index contributed by atoms with van der Waals surface area (Å²) in [6.45, 7) is 5.51. The van der Waals surface area contributed by atoms with E-state index in [4.69, 9.17) is 4.52 Å². The van der Waals surface area contributed by atoms with E-state index in [1.807, 2.05) is 19.1 Å². The highest BCUT2D eigenvalue weighted by atomic mass is 16.5. The summed E-state index contributed by atoms with van der Waals surface area (Å²) in [6, 6.07) is 5.49. The Morgan fingerprint density at radius 1 is 1.26 bits per heavy atom. The highest BCUT2D eigenvalue weighted by Crippen LogP contribution is 2.29. The van der Waals surface area contributed by atoms with Gasteiger partial charge in [-0.05, 0) is 31.9 Å². The van der Waals surface area contributed by atoms with Crippen LogP contribution >= 0.6 is 0 Å². The lowest BCUT2D eigenvalue weighted by atomic mass is 9.93. The van der Waals surface area contributed by atoms with Gasteiger partial charge in [0.2, 0.25) is 0 Å². The molecule has 0 amide bonds. The standard InChI is InChI=1S/C19H22N6O2/c1-3-16-22-15(11-18(26)23-16)13-5-8-25(9-6-13)17-10-14(4-7-20-17)19-21-12(2)24-27-19/h4,7,10-11,13H,3,5-6,8-9H2,1-2H3,(H,22,23,26). The summed E-state index contributed by atoms with van der Waals surface area (Å²) in [5.74, 6) is 3.07. The van der Waals surface area contributed by atoms with Crippen LogP contribution in [0.3, 0.4) is 0 Å². The topological polar surface area (TPSA) is 101 Å². The molecule has 0 saturated carbocycles. The maximum absolute atomic E-state index is 11.8. The normalized spacial score (nSPS) is 15.3. The van der Waals surface area contributed by atoms with E-state index in [-0.39, 0.29) is 5.56 Å². The fraction of sp³-hybridized carbons (Fsp3) is 0.421. The lowest BCUT2D eigenvalue weighted by Gasteiger charge is -2.32. The number of hydrogen-bond acceptors (Lipinski definition) is 7. The molecule has 4 heterocycles. The predicted octanol–water partition coefficient (Wildman–Crippen LogP) is 2.47. The number of rotatable bonds is 4. The molecular formula is C19H22N6O2. The second kappa shape index (κ2) is 7.30. The molecule has 8 heteroatoms. The molecule has 0 aliphatic carbocycles. The summed E-state index contributed by atoms with van der Waals surface area (Å²) < 4.78 is 5.25. The van der Waals surface area contributed by atoms with Gasteiger partial charge >= 0.3 is 0 Å². The average Bonchev–Trinajstić information content (AvgIpc) is 3.14. The molecule has 1 saturated heterocycles. The molecule has 0 aromatic carbocycles. The lowest BCUT2D eigenvalue weighted by Crippen LogP contribution is -2.34. The van der Waals surface area contributed by atoms with Gasteiger partial charge in [-0.3, -0.25) is 4.79 Å². The van der Waals surface area contributed by atoms with Crippen LogP contribution in [-0.4, -0.2) is 38.2 Å². The van der Waals surface area contributed by atoms with Crippen molar-refractivity contribution in [1.29, 1.82) is 0 Å². The minimum absolute atomic E-state index is 0.0662. The first kappa shape index (κ1) is 17.4. The van der Waals surface area contributed by atoms with Gasteiger partial charge in [-0.2, -0.15) is 4.98 Å². The number of piperidine rings is 1. The second-order valence-electron chi connectivity index (χ2n) is 6.78. The number of nitrogens with zero attached hydrogens (tertiary/aromatic N) is 5. The van der Waals surface area contributed by atoms with Crippen LogP contribution in [0.15, 0.2) is 33.7 Å². The second-order valence-corrected chi connectivity index (χ2v) is 6.78. The van der Waals surface area contributed by atoms with Crippen molar-refractivity contribution in [2.24, 2.45) is 0 Å². The molecule has 1 aliphatic heterocycles. The van der Waals surface area contributed by atoms with E-state index in [0.717, 1.165) is 55.3 Å². The van der Waals surface area contributed by atoms with E-state index in [2.05, 4.69) is 30.0 Å². The first-order valence-corrected chi connectivity index (χ1v) is 9.24. The summed E-state index contributed by atoms with van der Waals surface area (Å²) in [5.41, 5.74) is 1.70. The summed E-state index contributed by atoms with van der Waals surface area (Å²) in [5, 5.41) is 3.84. The third-order valence-electron chi connectivity index (χ3n) is 4.90. The van der Waals surface area contributed by atoms with Crippen molar-refractivity contribution < 1.29 is 4.52 Å². The minimum Gasteiger partial charge on any atom is -0.357 e. The Labute approximate surface area is 156 Å². The Morgan fingerprint density at radius 2 is 2.07 bits per heavy atom. The van der Waals surface area contributed by atoms with Crippen LogP contribution in [0.2, 0.25) is 0 Å². The van der Waals surface area contributed by atoms with Crippen LogP contribution < -0.4 is 10.5 Å². The largest absolute Gasteiger partial charge is 0.357 e. The average molecular weight is 366 g/mol. The maximum Gasteiger partial charge on any atom is 0.258 e. The minimum atomic E-state index is -0.0662. The van der Waals surface area contributed by atoms with Gasteiger partial charge in [-0.25, -0.2) is 9.97 Å². The Hall–Kier alpha value is -3.03. The van der Waals surface area contributed by atoms with E-state index >= 15 is 0 Å². The monoisotopic (exact) mass is 366 g/mol. The number of aromatic amines is 1. The van der Waals surface area contributed by atoms with E-state index in [1.165, 1.54) is 0 Å². The quantitative estimate of drug-likeness (QED) is 0.757. The third kappa shape index (κ3) is 3.74. The van der Waals surface area contributed by atoms with Gasteiger partial charge in [0.1, 0.15) is 11.6 Å². The number of aryl methyl sites for hydroxylation is 2. The Balaban J connectivity index is 1.48. The number of pyridine rings is 1. The van der Waals surface area contributed by atoms with Gasteiger partial charge in [0.15, 0.2) is 5.82 Å². The fourth-order valence-corrected chi connectivity index (χ4v) is 3.45. The van der Waals surface area contributed by atoms with Gasteiger partial charge < -0.3 is 14.4 Å². The van der Waals surface area contributed by atoms with E-state index in [9.17, 15) is 4.79 Å². The smallest absolute Gasteiger partial charge is 0.258 e. The molecule has 0 atom stereocenters. The molecule has 0 spiro atoms. The van der Waals surface area contributed by atoms with Crippen LogP contribution in [0.5, 0.6) is 0 Å². The molecule has 0 radical (unpaired) electrons. The van der Waals surface area contributed by atoms with E-state index in [1.54, 1.807) is 19.2 Å². The third-order valence-corrected chi connectivity index (χ3v) is 4.90. The van der Waals surface area contributed by atoms with Crippen molar-refractivity contribution in [3.8, 4) is 11.5 Å². The zero-order valence-corrected chi connectivity index (χ0v) is 15.5. The highest BCUT2D eigenvalue weighted by Gasteiger charge is 2.23. The van der Waals surface area contributed by atoms with Crippen molar-refractivity contribution in [3.63, 3.8) is 0 Å². The van der Waals surface area contributed by atoms with Crippen LogP contribution in [0, 0.1) is 6.92 Å². The first-order chi connectivity index (χ1) is 13.1. The molecule has 27 heavy (non-hydrogen) atoms. The van der Waals surface area contributed by atoms with Gasteiger partial charge in [-0.1, -0.05) is 12.1 Å². The molecule has 8 nitrogen and oxygen atoms in total. The molecule has 0 bridgehead atoms. The van der Waals surface area contributed by atoms with Crippen LogP contribution in [0.4, 0.5) is 5.82 Å². The van der Waals surface area contributed by atoms with Gasteiger partial charge in [-0.15, -0.1) is 0 Å². The van der Waals surface area contributed by atoms with Crippen molar-refractivity contribution >= 4 is 5.82 Å². The number of anilines is 1. The Morgan fingerprint density at radius 3 is 2.78 bits per heavy atom. The van der Waals surface area contributed by atoms with Gasteiger partial charge in [0.05, 0.1) is 5.69 Å². The van der Waals surface area contributed by atoms with Crippen molar-refractivity contribution in [2.45, 2.75) is 39.0 Å². The van der Waals surface area contributed by atoms with Crippen molar-refractivity contribution in [3.05, 3.63) is 52.1 Å². The molecule has 140 valence electrons. The van der Waals surface area contributed by atoms with Gasteiger partial charge in [0, 0.05) is 43.3 Å². The Kier molecular flexibility index (Phi) is 4.70. The zero-order chi connectivity index (χ0) is 18.8. The van der Waals surface area contributed by atoms with E-state index < -0.39 is 0 Å². The van der Waals surface area contributed by atoms with Crippen LogP contribution in [-0.2, 0) is 6.42 Å². The number of H-pyrrole nitrogens is 1. The summed E-state index contributed by atoms with van der Waals surface area (Å²) >= 11 is 0. The summed E-state index contributed by atoms with van der Waals surface area (Å²) in [7, 11) is 0. The van der Waals surface area contributed by atoms with Crippen molar-refractivity contribution in [1.82, 2.24) is 25.1 Å². The molecule has 1 N–H and O–H groups in total. The highest BCUT2D eigenvalue weighted by molar-refractivity contribution is 5.58. The van der Waals surface area contributed by atoms with Gasteiger partial charge in [0.25, 0.3) is 11.4 Å². The number of hydrogen-bond donors (Lipinski definition) is 1. The lowest BCUT2D eigenvalue weighted by molar-refractivity contribution is 0.425. The number of nitrogens with one attached hydrogen (secondary N) is 1. The summed E-state index contributed by atoms with van der Waals surface area (Å²) in [4.78, 5) is 30.3. The number of aromatic nitrogens is 5. The maximum atomic E-state index is 11.8. The molecular weight excluding hydrogens is 344 g/mol. The van der Waals surface area contributed by atoms with Crippen LogP contribution in [0.1, 0.15) is 43.0 Å². The summed E-state index contributed by atoms with van der Waals surface area (Å²) in [6.07, 6.45) is 4.37. The zero-order valence-electron chi connectivity index (χ0n) is 15.5. The SMILES string of the molecule is CCc1nc(C2CCN(c3cc(-c4nc(C)no4)ccn3)CC2)cc(=O)[nH]1.